The smallest absolute Gasteiger partial charge is 0.231 e. The van der Waals surface area contributed by atoms with E-state index in [2.05, 4.69) is 10.1 Å². The summed E-state index contributed by atoms with van der Waals surface area (Å²) >= 11 is 0. The molecule has 0 N–H and O–H groups in total. The Labute approximate surface area is 166 Å². The van der Waals surface area contributed by atoms with E-state index in [1.807, 2.05) is 36.1 Å². The minimum absolute atomic E-state index is 0.151. The summed E-state index contributed by atoms with van der Waals surface area (Å²) < 4.78 is 11.3. The highest BCUT2D eigenvalue weighted by Crippen LogP contribution is 2.31. The van der Waals surface area contributed by atoms with Crippen molar-refractivity contribution < 1.29 is 14.1 Å². The van der Waals surface area contributed by atoms with Crippen LogP contribution in [0.1, 0.15) is 61.7 Å². The Hall–Kier alpha value is -2.37. The van der Waals surface area contributed by atoms with Crippen molar-refractivity contribution in [3.63, 3.8) is 0 Å². The van der Waals surface area contributed by atoms with Gasteiger partial charge in [0.25, 0.3) is 0 Å². The molecule has 2 heterocycles. The number of carbonyl (C=O) groups is 1. The van der Waals surface area contributed by atoms with Crippen LogP contribution in [0, 0.1) is 12.8 Å². The molecule has 2 fully saturated rings. The summed E-state index contributed by atoms with van der Waals surface area (Å²) in [7, 11) is 0. The Morgan fingerprint density at radius 1 is 1.25 bits per heavy atom. The Morgan fingerprint density at radius 2 is 2.11 bits per heavy atom. The monoisotopic (exact) mass is 383 g/mol. The van der Waals surface area contributed by atoms with Crippen molar-refractivity contribution in [2.45, 2.75) is 57.8 Å². The fraction of sp³-hybridized carbons (Fsp3) is 0.591. The molecule has 28 heavy (non-hydrogen) atoms. The lowest BCUT2D eigenvalue weighted by Crippen LogP contribution is -2.41. The van der Waals surface area contributed by atoms with Crippen molar-refractivity contribution >= 4 is 5.91 Å². The van der Waals surface area contributed by atoms with Crippen LogP contribution in [0.2, 0.25) is 0 Å². The van der Waals surface area contributed by atoms with Gasteiger partial charge in [-0.2, -0.15) is 4.98 Å². The van der Waals surface area contributed by atoms with Crippen molar-refractivity contribution in [1.82, 2.24) is 15.0 Å². The molecule has 1 saturated heterocycles. The molecular weight excluding hydrogens is 354 g/mol. The summed E-state index contributed by atoms with van der Waals surface area (Å²) in [5.41, 5.74) is 1.17. The average molecular weight is 383 g/mol. The molecule has 0 radical (unpaired) electrons. The molecular formula is C22H29N3O3. The normalized spacial score (nSPS) is 20.5. The molecule has 0 spiro atoms. The van der Waals surface area contributed by atoms with Gasteiger partial charge in [-0.3, -0.25) is 4.79 Å². The first-order valence-electron chi connectivity index (χ1n) is 10.5. The molecule has 1 atom stereocenters. The van der Waals surface area contributed by atoms with Gasteiger partial charge < -0.3 is 14.2 Å². The van der Waals surface area contributed by atoms with Crippen LogP contribution < -0.4 is 4.74 Å². The van der Waals surface area contributed by atoms with Gasteiger partial charge in [0.05, 0.1) is 12.5 Å². The van der Waals surface area contributed by atoms with Gasteiger partial charge in [0.15, 0.2) is 5.82 Å². The lowest BCUT2D eigenvalue weighted by molar-refractivity contribution is -0.136. The van der Waals surface area contributed by atoms with Crippen LogP contribution in [0.25, 0.3) is 0 Å². The van der Waals surface area contributed by atoms with E-state index in [1.54, 1.807) is 0 Å². The van der Waals surface area contributed by atoms with E-state index in [-0.39, 0.29) is 11.8 Å². The topological polar surface area (TPSA) is 68.5 Å². The Morgan fingerprint density at radius 3 is 2.93 bits per heavy atom. The quantitative estimate of drug-likeness (QED) is 0.757. The van der Waals surface area contributed by atoms with Gasteiger partial charge in [-0.05, 0) is 50.3 Å². The fourth-order valence-electron chi connectivity index (χ4n) is 4.31. The average Bonchev–Trinajstić information content (AvgIpc) is 3.40. The van der Waals surface area contributed by atoms with Gasteiger partial charge in [0, 0.05) is 25.4 Å². The third-order valence-electron chi connectivity index (χ3n) is 5.85. The van der Waals surface area contributed by atoms with Crippen LogP contribution in [0.5, 0.6) is 5.75 Å². The zero-order chi connectivity index (χ0) is 19.3. The number of rotatable bonds is 6. The Bertz CT molecular complexity index is 798. The predicted molar refractivity (Wildman–Crippen MR) is 105 cm³/mol. The van der Waals surface area contributed by atoms with Gasteiger partial charge in [-0.25, -0.2) is 0 Å². The van der Waals surface area contributed by atoms with Crippen LogP contribution >= 0.6 is 0 Å². The number of hydrogen-bond acceptors (Lipinski definition) is 5. The van der Waals surface area contributed by atoms with Crippen molar-refractivity contribution in [2.75, 3.05) is 19.7 Å². The predicted octanol–water partition coefficient (Wildman–Crippen LogP) is 3.90. The first-order chi connectivity index (χ1) is 13.7. The maximum atomic E-state index is 12.7. The molecule has 6 heteroatoms. The number of nitrogens with zero attached hydrogens (tertiary/aromatic N) is 3. The minimum Gasteiger partial charge on any atom is -0.493 e. The molecule has 1 aliphatic heterocycles. The van der Waals surface area contributed by atoms with Gasteiger partial charge in [0.1, 0.15) is 5.75 Å². The molecule has 1 amide bonds. The Kier molecular flexibility index (Phi) is 5.93. The van der Waals surface area contributed by atoms with Gasteiger partial charge in [-0.15, -0.1) is 0 Å². The summed E-state index contributed by atoms with van der Waals surface area (Å²) in [5.74, 6) is 2.90. The highest BCUT2D eigenvalue weighted by atomic mass is 16.5. The standard InChI is InChI=1S/C22H29N3O3/c1-16-6-4-10-19(14-16)27-13-11-20-23-21(28-24-20)18-9-5-12-25(15-18)22(26)17-7-2-3-8-17/h4,6,10,14,17-18H,2-3,5,7-9,11-13,15H2,1H3. The maximum Gasteiger partial charge on any atom is 0.231 e. The van der Waals surface area contributed by atoms with Gasteiger partial charge >= 0.3 is 0 Å². The SMILES string of the molecule is Cc1cccc(OCCc2noc(C3CCCN(C(=O)C4CCCC4)C3)n2)c1. The van der Waals surface area contributed by atoms with Crippen LogP contribution in [0.4, 0.5) is 0 Å². The van der Waals surface area contributed by atoms with E-state index in [1.165, 1.54) is 18.4 Å². The highest BCUT2D eigenvalue weighted by molar-refractivity contribution is 5.79. The number of aromatic nitrogens is 2. The van der Waals surface area contributed by atoms with Crippen molar-refractivity contribution in [3.8, 4) is 5.75 Å². The lowest BCUT2D eigenvalue weighted by atomic mass is 9.96. The zero-order valence-corrected chi connectivity index (χ0v) is 16.6. The number of amides is 1. The van der Waals surface area contributed by atoms with E-state index in [9.17, 15) is 4.79 Å². The number of benzene rings is 1. The molecule has 6 nitrogen and oxygen atoms in total. The summed E-state index contributed by atoms with van der Waals surface area (Å²) in [5, 5.41) is 4.12. The first kappa shape index (κ1) is 19.0. The maximum absolute atomic E-state index is 12.7. The van der Waals surface area contributed by atoms with E-state index >= 15 is 0 Å². The largest absolute Gasteiger partial charge is 0.493 e. The van der Waals surface area contributed by atoms with Crippen molar-refractivity contribution in [3.05, 3.63) is 41.5 Å². The van der Waals surface area contributed by atoms with Crippen LogP contribution in [0.15, 0.2) is 28.8 Å². The molecule has 1 unspecified atom stereocenters. The summed E-state index contributed by atoms with van der Waals surface area (Å²) in [4.78, 5) is 19.3. The van der Waals surface area contributed by atoms with Crippen molar-refractivity contribution in [2.24, 2.45) is 5.92 Å². The fourth-order valence-corrected chi connectivity index (χ4v) is 4.31. The van der Waals surface area contributed by atoms with Crippen LogP contribution in [0.3, 0.4) is 0 Å². The third kappa shape index (κ3) is 4.54. The molecule has 1 aromatic carbocycles. The highest BCUT2D eigenvalue weighted by Gasteiger charge is 2.32. The van der Waals surface area contributed by atoms with E-state index < -0.39 is 0 Å². The summed E-state index contributed by atoms with van der Waals surface area (Å²) in [6.07, 6.45) is 7.07. The minimum atomic E-state index is 0.151. The molecule has 2 aromatic rings. The molecule has 1 aliphatic carbocycles. The van der Waals surface area contributed by atoms with Crippen molar-refractivity contribution in [1.29, 1.82) is 0 Å². The second-order valence-electron chi connectivity index (χ2n) is 8.07. The molecule has 4 rings (SSSR count). The Balaban J connectivity index is 1.30. The third-order valence-corrected chi connectivity index (χ3v) is 5.85. The number of hydrogen-bond donors (Lipinski definition) is 0. The number of ether oxygens (including phenoxy) is 1. The first-order valence-corrected chi connectivity index (χ1v) is 10.5. The van der Waals surface area contributed by atoms with Crippen LogP contribution in [-0.4, -0.2) is 40.6 Å². The number of aryl methyl sites for hydroxylation is 1. The summed E-state index contributed by atoms with van der Waals surface area (Å²) in [6, 6.07) is 7.99. The van der Waals surface area contributed by atoms with E-state index in [0.29, 0.717) is 37.2 Å². The zero-order valence-electron chi connectivity index (χ0n) is 16.6. The van der Waals surface area contributed by atoms with Gasteiger partial charge in [-0.1, -0.05) is 30.1 Å². The molecule has 150 valence electrons. The molecule has 1 saturated carbocycles. The molecule has 2 aliphatic rings. The molecule has 0 bridgehead atoms. The number of piperidine rings is 1. The summed E-state index contributed by atoms with van der Waals surface area (Å²) in [6.45, 7) is 4.12. The molecule has 1 aromatic heterocycles. The van der Waals surface area contributed by atoms with Crippen LogP contribution in [-0.2, 0) is 11.2 Å². The van der Waals surface area contributed by atoms with Gasteiger partial charge in [0.2, 0.25) is 11.8 Å². The second kappa shape index (κ2) is 8.76. The van der Waals surface area contributed by atoms with E-state index in [0.717, 1.165) is 38.0 Å². The number of likely N-dealkylation sites (tertiary alicyclic amines) is 1. The lowest BCUT2D eigenvalue weighted by Gasteiger charge is -2.32. The number of carbonyl (C=O) groups excluding carboxylic acids is 1. The second-order valence-corrected chi connectivity index (χ2v) is 8.07. The van der Waals surface area contributed by atoms with E-state index in [4.69, 9.17) is 9.26 Å².